The highest BCUT2D eigenvalue weighted by atomic mass is 35.5. The summed E-state index contributed by atoms with van der Waals surface area (Å²) in [6, 6.07) is 3.10. The fourth-order valence-corrected chi connectivity index (χ4v) is 3.20. The van der Waals surface area contributed by atoms with Gasteiger partial charge in [-0.2, -0.15) is 0 Å². The minimum absolute atomic E-state index is 0.104. The number of nitrogens with two attached hydrogens (primary N) is 1. The molecule has 0 aliphatic carbocycles. The first-order valence-corrected chi connectivity index (χ1v) is 6.66. The van der Waals surface area contributed by atoms with Crippen molar-refractivity contribution >= 4 is 28.9 Å². The quantitative estimate of drug-likeness (QED) is 0.741. The van der Waals surface area contributed by atoms with Gasteiger partial charge in [0.05, 0.1) is 34.5 Å². The highest BCUT2D eigenvalue weighted by Gasteiger charge is 2.41. The lowest BCUT2D eigenvalue weighted by molar-refractivity contribution is 0.0697. The number of hydrogen-bond donors (Lipinski definition) is 3. The van der Waals surface area contributed by atoms with E-state index in [0.29, 0.717) is 22.5 Å². The largest absolute Gasteiger partial charge is 0.478 e. The molecule has 0 amide bonds. The van der Waals surface area contributed by atoms with Crippen molar-refractivity contribution in [3.05, 3.63) is 22.7 Å². The summed E-state index contributed by atoms with van der Waals surface area (Å²) in [4.78, 5) is 11.3. The average Bonchev–Trinajstić information content (AvgIpc) is 2.93. The van der Waals surface area contributed by atoms with Crippen LogP contribution in [0.4, 0.5) is 11.4 Å². The summed E-state index contributed by atoms with van der Waals surface area (Å²) in [5.74, 6) is -1.04. The summed E-state index contributed by atoms with van der Waals surface area (Å²) in [7, 11) is 0. The Labute approximate surface area is 115 Å². The van der Waals surface area contributed by atoms with Crippen LogP contribution in [0.2, 0.25) is 5.02 Å². The van der Waals surface area contributed by atoms with Gasteiger partial charge >= 0.3 is 5.97 Å². The monoisotopic (exact) mass is 282 g/mol. The van der Waals surface area contributed by atoms with Crippen molar-refractivity contribution < 1.29 is 14.6 Å². The normalized spacial score (nSPS) is 28.6. The molecule has 3 unspecified atom stereocenters. The van der Waals surface area contributed by atoms with Gasteiger partial charge in [0, 0.05) is 5.69 Å². The van der Waals surface area contributed by atoms with Gasteiger partial charge in [0.1, 0.15) is 0 Å². The first-order chi connectivity index (χ1) is 9.04. The second-order valence-corrected chi connectivity index (χ2v) is 5.50. The zero-order valence-electron chi connectivity index (χ0n) is 10.2. The Morgan fingerprint density at radius 1 is 1.47 bits per heavy atom. The third kappa shape index (κ3) is 2.24. The van der Waals surface area contributed by atoms with Gasteiger partial charge in [-0.3, -0.25) is 0 Å². The topological polar surface area (TPSA) is 84.6 Å². The molecular formula is C13H15ClN2O3. The summed E-state index contributed by atoms with van der Waals surface area (Å²) in [5.41, 5.74) is 6.52. The molecule has 1 aromatic rings. The number of aromatic carboxylic acids is 1. The smallest absolute Gasteiger partial charge is 0.337 e. The number of carboxylic acid groups (broad SMARTS) is 1. The SMILES string of the molecule is Nc1cc(Cl)c(NC2CC3CCC2O3)c(C(=O)O)c1. The zero-order chi connectivity index (χ0) is 13.6. The lowest BCUT2D eigenvalue weighted by Gasteiger charge is -2.23. The lowest BCUT2D eigenvalue weighted by atomic mass is 9.95. The molecule has 19 heavy (non-hydrogen) atoms. The number of anilines is 2. The minimum atomic E-state index is -1.04. The highest BCUT2D eigenvalue weighted by Crippen LogP contribution is 2.38. The number of nitrogen functional groups attached to an aromatic ring is 1. The van der Waals surface area contributed by atoms with Crippen molar-refractivity contribution in [2.75, 3.05) is 11.1 Å². The van der Waals surface area contributed by atoms with Crippen molar-refractivity contribution in [1.82, 2.24) is 0 Å². The minimum Gasteiger partial charge on any atom is -0.478 e. The molecule has 0 radical (unpaired) electrons. The number of nitrogens with one attached hydrogen (secondary N) is 1. The highest BCUT2D eigenvalue weighted by molar-refractivity contribution is 6.34. The van der Waals surface area contributed by atoms with Crippen LogP contribution in [0.3, 0.4) is 0 Å². The van der Waals surface area contributed by atoms with E-state index in [1.807, 2.05) is 0 Å². The number of rotatable bonds is 3. The van der Waals surface area contributed by atoms with E-state index in [1.54, 1.807) is 6.07 Å². The van der Waals surface area contributed by atoms with Crippen molar-refractivity contribution in [3.63, 3.8) is 0 Å². The summed E-state index contributed by atoms with van der Waals surface area (Å²) in [6.07, 6.45) is 3.44. The van der Waals surface area contributed by atoms with Gasteiger partial charge in [0.25, 0.3) is 0 Å². The predicted molar refractivity (Wildman–Crippen MR) is 72.7 cm³/mol. The molecular weight excluding hydrogens is 268 g/mol. The van der Waals surface area contributed by atoms with E-state index in [4.69, 9.17) is 22.1 Å². The van der Waals surface area contributed by atoms with E-state index in [-0.39, 0.29) is 17.7 Å². The number of halogens is 1. The van der Waals surface area contributed by atoms with Crippen molar-refractivity contribution in [2.24, 2.45) is 0 Å². The van der Waals surface area contributed by atoms with Gasteiger partial charge in [-0.05, 0) is 31.4 Å². The number of benzene rings is 1. The Morgan fingerprint density at radius 2 is 2.26 bits per heavy atom. The Morgan fingerprint density at radius 3 is 2.84 bits per heavy atom. The molecule has 5 nitrogen and oxygen atoms in total. The van der Waals surface area contributed by atoms with Crippen LogP contribution in [0, 0.1) is 0 Å². The van der Waals surface area contributed by atoms with Crippen LogP contribution in [-0.4, -0.2) is 29.3 Å². The van der Waals surface area contributed by atoms with E-state index in [1.165, 1.54) is 6.07 Å². The van der Waals surface area contributed by atoms with Crippen LogP contribution in [-0.2, 0) is 4.74 Å². The van der Waals surface area contributed by atoms with Crippen LogP contribution in [0.25, 0.3) is 0 Å². The second-order valence-electron chi connectivity index (χ2n) is 5.09. The van der Waals surface area contributed by atoms with E-state index >= 15 is 0 Å². The molecule has 0 spiro atoms. The molecule has 0 aromatic heterocycles. The predicted octanol–water partition coefficient (Wildman–Crippen LogP) is 2.35. The third-order valence-electron chi connectivity index (χ3n) is 3.78. The summed E-state index contributed by atoms with van der Waals surface area (Å²) < 4.78 is 5.74. The van der Waals surface area contributed by atoms with Gasteiger partial charge in [-0.25, -0.2) is 4.79 Å². The van der Waals surface area contributed by atoms with Crippen molar-refractivity contribution in [2.45, 2.75) is 37.5 Å². The van der Waals surface area contributed by atoms with Crippen LogP contribution in [0.5, 0.6) is 0 Å². The molecule has 2 aliphatic heterocycles. The molecule has 102 valence electrons. The molecule has 2 saturated heterocycles. The molecule has 0 saturated carbocycles. The number of fused-ring (bicyclic) bond motifs is 2. The van der Waals surface area contributed by atoms with Gasteiger partial charge < -0.3 is 20.9 Å². The number of carboxylic acids is 1. The summed E-state index contributed by atoms with van der Waals surface area (Å²) >= 11 is 6.11. The maximum absolute atomic E-state index is 11.3. The van der Waals surface area contributed by atoms with E-state index < -0.39 is 5.97 Å². The third-order valence-corrected chi connectivity index (χ3v) is 4.08. The molecule has 2 fully saturated rings. The average molecular weight is 283 g/mol. The van der Waals surface area contributed by atoms with Crippen LogP contribution < -0.4 is 11.1 Å². The molecule has 3 atom stereocenters. The molecule has 2 aliphatic rings. The Bertz CT molecular complexity index is 535. The fourth-order valence-electron chi connectivity index (χ4n) is 2.92. The molecule has 2 bridgehead atoms. The molecule has 2 heterocycles. The van der Waals surface area contributed by atoms with E-state index in [0.717, 1.165) is 19.3 Å². The fraction of sp³-hybridized carbons (Fsp3) is 0.462. The lowest BCUT2D eigenvalue weighted by Crippen LogP contribution is -2.31. The Balaban J connectivity index is 1.89. The van der Waals surface area contributed by atoms with Gasteiger partial charge in [0.2, 0.25) is 0 Å². The number of ether oxygens (including phenoxy) is 1. The van der Waals surface area contributed by atoms with Crippen LogP contribution >= 0.6 is 11.6 Å². The molecule has 4 N–H and O–H groups in total. The Hall–Kier alpha value is -1.46. The zero-order valence-corrected chi connectivity index (χ0v) is 11.0. The summed E-state index contributed by atoms with van der Waals surface area (Å²) in [5, 5.41) is 12.8. The molecule has 1 aromatic carbocycles. The standard InChI is InChI=1S/C13H15ClN2O3/c14-9-4-6(15)3-8(13(17)18)12(9)16-10-5-7-1-2-11(10)19-7/h3-4,7,10-11,16H,1-2,5,15H2,(H,17,18). The Kier molecular flexibility index (Phi) is 3.03. The van der Waals surface area contributed by atoms with Gasteiger partial charge in [-0.15, -0.1) is 0 Å². The molecule has 6 heteroatoms. The maximum atomic E-state index is 11.3. The number of hydrogen-bond acceptors (Lipinski definition) is 4. The first-order valence-electron chi connectivity index (χ1n) is 6.29. The first kappa shape index (κ1) is 12.6. The van der Waals surface area contributed by atoms with E-state index in [2.05, 4.69) is 5.32 Å². The molecule has 3 rings (SSSR count). The second kappa shape index (κ2) is 4.58. The van der Waals surface area contributed by atoms with Crippen LogP contribution in [0.1, 0.15) is 29.6 Å². The number of carbonyl (C=O) groups is 1. The van der Waals surface area contributed by atoms with Crippen LogP contribution in [0.15, 0.2) is 12.1 Å². The van der Waals surface area contributed by atoms with E-state index in [9.17, 15) is 9.90 Å². The van der Waals surface area contributed by atoms with Gasteiger partial charge in [-0.1, -0.05) is 11.6 Å². The van der Waals surface area contributed by atoms with Gasteiger partial charge in [0.15, 0.2) is 0 Å². The summed E-state index contributed by atoms with van der Waals surface area (Å²) in [6.45, 7) is 0. The van der Waals surface area contributed by atoms with Crippen molar-refractivity contribution in [3.8, 4) is 0 Å². The van der Waals surface area contributed by atoms with Crippen molar-refractivity contribution in [1.29, 1.82) is 0 Å². The maximum Gasteiger partial charge on any atom is 0.337 e.